The highest BCUT2D eigenvalue weighted by Gasteiger charge is 2.52. The molecule has 6 rings (SSSR count). The van der Waals surface area contributed by atoms with Crippen molar-refractivity contribution in [2.45, 2.75) is 64.2 Å². The molecule has 1 N–H and O–H groups in total. The van der Waals surface area contributed by atoms with E-state index in [0.717, 1.165) is 59.4 Å². The number of hydrogen-bond acceptors (Lipinski definition) is 5. The number of nitrogens with one attached hydrogen (secondary N) is 1. The highest BCUT2D eigenvalue weighted by Crippen LogP contribution is 2.50. The number of carbonyl (C=O) groups is 1. The minimum atomic E-state index is -0.349. The van der Waals surface area contributed by atoms with Crippen molar-refractivity contribution in [1.82, 2.24) is 14.9 Å². The smallest absolute Gasteiger partial charge is 0.341 e. The molecule has 0 radical (unpaired) electrons. The minimum Gasteiger partial charge on any atom is -0.472 e. The zero-order valence-electron chi connectivity index (χ0n) is 19.4. The van der Waals surface area contributed by atoms with Crippen molar-refractivity contribution in [3.8, 4) is 5.75 Å². The number of benzene rings is 1. The van der Waals surface area contributed by atoms with Gasteiger partial charge in [0.15, 0.2) is 5.72 Å². The van der Waals surface area contributed by atoms with E-state index in [1.54, 1.807) is 12.4 Å². The summed E-state index contributed by atoms with van der Waals surface area (Å²) in [6, 6.07) is 7.91. The maximum atomic E-state index is 13.4. The van der Waals surface area contributed by atoms with Gasteiger partial charge in [-0.25, -0.2) is 4.79 Å². The summed E-state index contributed by atoms with van der Waals surface area (Å²) in [5.74, 6) is 1.10. The first kappa shape index (κ1) is 20.7. The quantitative estimate of drug-likeness (QED) is 0.553. The molecule has 2 aromatic heterocycles. The molecule has 1 spiro atoms. The standard InChI is InChI=1S/C27H31N3O3/c1-17-24(26(31)32-18(2)19-9-12-28-13-10-19)25-21-16-20-6-5-15-30-14-4-3-11-27(20,30)33-23(21)8-7-22(25)29-17/h7-10,12-13,18,20,29H,3-6,11,14-16H2,1-2H3/t18-,20?,27?/m0/s1. The number of carbonyl (C=O) groups excluding carboxylic acids is 1. The molecule has 0 saturated carbocycles. The summed E-state index contributed by atoms with van der Waals surface area (Å²) in [5.41, 5.74) is 4.38. The van der Waals surface area contributed by atoms with Crippen LogP contribution in [-0.4, -0.2) is 39.7 Å². The fourth-order valence-corrected chi connectivity index (χ4v) is 6.39. The van der Waals surface area contributed by atoms with E-state index in [1.807, 2.05) is 26.0 Å². The number of fused-ring (bicyclic) bond motifs is 3. The fourth-order valence-electron chi connectivity index (χ4n) is 6.39. The Morgan fingerprint density at radius 1 is 1.21 bits per heavy atom. The number of aryl methyl sites for hydroxylation is 1. The van der Waals surface area contributed by atoms with Crippen LogP contribution in [0.5, 0.6) is 5.75 Å². The van der Waals surface area contributed by atoms with E-state index in [4.69, 9.17) is 9.47 Å². The van der Waals surface area contributed by atoms with E-state index >= 15 is 0 Å². The number of piperidine rings is 2. The molecular weight excluding hydrogens is 414 g/mol. The number of nitrogens with zero attached hydrogens (tertiary/aromatic N) is 2. The molecule has 0 aliphatic carbocycles. The number of esters is 1. The van der Waals surface area contributed by atoms with Crippen LogP contribution in [0.1, 0.15) is 72.3 Å². The van der Waals surface area contributed by atoms with E-state index in [0.29, 0.717) is 11.5 Å². The molecule has 0 amide bonds. The maximum Gasteiger partial charge on any atom is 0.341 e. The Labute approximate surface area is 194 Å². The van der Waals surface area contributed by atoms with Crippen LogP contribution in [0.25, 0.3) is 10.9 Å². The van der Waals surface area contributed by atoms with Crippen molar-refractivity contribution in [1.29, 1.82) is 0 Å². The van der Waals surface area contributed by atoms with Gasteiger partial charge in [-0.2, -0.15) is 0 Å². The molecule has 172 valence electrons. The normalized spacial score (nSPS) is 25.5. The molecule has 5 heterocycles. The average molecular weight is 446 g/mol. The lowest BCUT2D eigenvalue weighted by Gasteiger charge is -2.56. The van der Waals surface area contributed by atoms with E-state index in [-0.39, 0.29) is 17.8 Å². The highest BCUT2D eigenvalue weighted by atomic mass is 16.5. The van der Waals surface area contributed by atoms with Crippen LogP contribution in [0.15, 0.2) is 36.7 Å². The molecule has 2 fully saturated rings. The third-order valence-electron chi connectivity index (χ3n) is 7.98. The second kappa shape index (κ2) is 7.87. The lowest BCUT2D eigenvalue weighted by Crippen LogP contribution is -2.64. The molecule has 2 saturated heterocycles. The first-order chi connectivity index (χ1) is 16.1. The Balaban J connectivity index is 1.39. The van der Waals surface area contributed by atoms with Crippen LogP contribution in [-0.2, 0) is 11.2 Å². The molecule has 6 heteroatoms. The Bertz CT molecular complexity index is 1200. The maximum absolute atomic E-state index is 13.4. The number of rotatable bonds is 3. The van der Waals surface area contributed by atoms with Gasteiger partial charge < -0.3 is 14.5 Å². The predicted octanol–water partition coefficient (Wildman–Crippen LogP) is 5.32. The SMILES string of the molecule is Cc1[nH]c2ccc3c(c2c1C(=O)O[C@@H](C)c1ccncc1)CC1CCCN2CCCCC12O3. The minimum absolute atomic E-state index is 0.168. The van der Waals surface area contributed by atoms with Gasteiger partial charge in [0.1, 0.15) is 11.9 Å². The van der Waals surface area contributed by atoms with Crippen LogP contribution in [0, 0.1) is 12.8 Å². The van der Waals surface area contributed by atoms with Gasteiger partial charge in [0.2, 0.25) is 0 Å². The zero-order valence-corrected chi connectivity index (χ0v) is 19.4. The third-order valence-corrected chi connectivity index (χ3v) is 7.98. The number of pyridine rings is 1. The van der Waals surface area contributed by atoms with Gasteiger partial charge in [-0.3, -0.25) is 9.88 Å². The monoisotopic (exact) mass is 445 g/mol. The summed E-state index contributed by atoms with van der Waals surface area (Å²) in [6.07, 6.45) is 10.0. The molecule has 3 aromatic rings. The lowest BCUT2D eigenvalue weighted by atomic mass is 9.74. The topological polar surface area (TPSA) is 67.5 Å². The summed E-state index contributed by atoms with van der Waals surface area (Å²) < 4.78 is 12.8. The Hall–Kier alpha value is -2.86. The fraction of sp³-hybridized carbons (Fsp3) is 0.481. The van der Waals surface area contributed by atoms with Crippen LogP contribution in [0.4, 0.5) is 0 Å². The zero-order chi connectivity index (χ0) is 22.6. The van der Waals surface area contributed by atoms with Crippen molar-refractivity contribution in [3.05, 3.63) is 59.0 Å². The van der Waals surface area contributed by atoms with E-state index in [2.05, 4.69) is 27.0 Å². The highest BCUT2D eigenvalue weighted by molar-refractivity contribution is 6.07. The number of aromatic nitrogens is 2. The van der Waals surface area contributed by atoms with Crippen molar-refractivity contribution < 1.29 is 14.3 Å². The molecule has 0 bridgehead atoms. The number of aromatic amines is 1. The van der Waals surface area contributed by atoms with Crippen LogP contribution in [0.3, 0.4) is 0 Å². The van der Waals surface area contributed by atoms with Gasteiger partial charge in [0.05, 0.1) is 5.56 Å². The summed E-state index contributed by atoms with van der Waals surface area (Å²) in [6.45, 7) is 6.11. The second-order valence-corrected chi connectivity index (χ2v) is 9.85. The molecule has 3 aliphatic rings. The van der Waals surface area contributed by atoms with Gasteiger partial charge in [0.25, 0.3) is 0 Å². The summed E-state index contributed by atoms with van der Waals surface area (Å²) >= 11 is 0. The first-order valence-electron chi connectivity index (χ1n) is 12.3. The van der Waals surface area contributed by atoms with Crippen LogP contribution >= 0.6 is 0 Å². The van der Waals surface area contributed by atoms with Crippen molar-refractivity contribution in [2.75, 3.05) is 13.1 Å². The molecular formula is C27H31N3O3. The lowest BCUT2D eigenvalue weighted by molar-refractivity contribution is -0.177. The third kappa shape index (κ3) is 3.26. The van der Waals surface area contributed by atoms with Crippen molar-refractivity contribution in [2.24, 2.45) is 5.92 Å². The largest absolute Gasteiger partial charge is 0.472 e. The molecule has 2 unspecified atom stereocenters. The predicted molar refractivity (Wildman–Crippen MR) is 126 cm³/mol. The molecule has 3 aliphatic heterocycles. The number of H-pyrrole nitrogens is 1. The van der Waals surface area contributed by atoms with Gasteiger partial charge in [0, 0.05) is 60.0 Å². The molecule has 3 atom stereocenters. The average Bonchev–Trinajstić information content (AvgIpc) is 3.18. The van der Waals surface area contributed by atoms with Crippen LogP contribution < -0.4 is 4.74 Å². The first-order valence-corrected chi connectivity index (χ1v) is 12.3. The summed E-state index contributed by atoms with van der Waals surface area (Å²) in [4.78, 5) is 23.5. The summed E-state index contributed by atoms with van der Waals surface area (Å²) in [7, 11) is 0. The van der Waals surface area contributed by atoms with Crippen LogP contribution in [0.2, 0.25) is 0 Å². The number of hydrogen-bond donors (Lipinski definition) is 1. The molecule has 6 nitrogen and oxygen atoms in total. The molecule has 33 heavy (non-hydrogen) atoms. The Morgan fingerprint density at radius 2 is 2.03 bits per heavy atom. The molecule has 1 aromatic carbocycles. The van der Waals surface area contributed by atoms with Gasteiger partial charge in [-0.15, -0.1) is 0 Å². The van der Waals surface area contributed by atoms with E-state index in [1.165, 1.54) is 25.7 Å². The van der Waals surface area contributed by atoms with Gasteiger partial charge >= 0.3 is 5.97 Å². The second-order valence-electron chi connectivity index (χ2n) is 9.85. The Morgan fingerprint density at radius 3 is 2.88 bits per heavy atom. The summed E-state index contributed by atoms with van der Waals surface area (Å²) in [5, 5.41) is 0.972. The Kier molecular flexibility index (Phi) is 4.94. The van der Waals surface area contributed by atoms with Gasteiger partial charge in [-0.1, -0.05) is 0 Å². The number of ether oxygens (including phenoxy) is 2. The van der Waals surface area contributed by atoms with Crippen molar-refractivity contribution >= 4 is 16.9 Å². The van der Waals surface area contributed by atoms with E-state index in [9.17, 15) is 4.79 Å². The van der Waals surface area contributed by atoms with Gasteiger partial charge in [-0.05, 0) is 75.8 Å². The van der Waals surface area contributed by atoms with E-state index < -0.39 is 0 Å². The van der Waals surface area contributed by atoms with Crippen molar-refractivity contribution in [3.63, 3.8) is 0 Å².